The van der Waals surface area contributed by atoms with Crippen molar-refractivity contribution in [2.24, 2.45) is 0 Å². The van der Waals surface area contributed by atoms with Gasteiger partial charge in [0.1, 0.15) is 0 Å². The second kappa shape index (κ2) is 3.40. The van der Waals surface area contributed by atoms with Crippen LogP contribution in [0.4, 0.5) is 11.9 Å². The van der Waals surface area contributed by atoms with E-state index in [1.807, 2.05) is 14.1 Å². The molecule has 12 heavy (non-hydrogen) atoms. The highest BCUT2D eigenvalue weighted by molar-refractivity contribution is 5.32. The highest BCUT2D eigenvalue weighted by Gasteiger charge is 2.06. The zero-order chi connectivity index (χ0) is 9.14. The maximum Gasteiger partial charge on any atom is 0.246 e. The summed E-state index contributed by atoms with van der Waals surface area (Å²) in [6.45, 7) is 0.396. The van der Waals surface area contributed by atoms with Gasteiger partial charge in [0, 0.05) is 14.1 Å². The smallest absolute Gasteiger partial charge is 0.246 e. The second-order valence-electron chi connectivity index (χ2n) is 2.61. The van der Waals surface area contributed by atoms with Gasteiger partial charge in [-0.05, 0) is 0 Å². The Balaban J connectivity index is 2.85. The lowest BCUT2D eigenvalue weighted by Gasteiger charge is -2.03. The van der Waals surface area contributed by atoms with Crippen LogP contribution >= 0.6 is 0 Å². The van der Waals surface area contributed by atoms with Crippen molar-refractivity contribution in [3.63, 3.8) is 0 Å². The van der Waals surface area contributed by atoms with Gasteiger partial charge >= 0.3 is 0 Å². The molecule has 6 heteroatoms. The van der Waals surface area contributed by atoms with Crippen LogP contribution in [0.3, 0.4) is 0 Å². The molecule has 0 unspecified atom stereocenters. The minimum atomic E-state index is 0.0143. The summed E-state index contributed by atoms with van der Waals surface area (Å²) in [6.07, 6.45) is 0. The van der Waals surface area contributed by atoms with Gasteiger partial charge in [0.25, 0.3) is 0 Å². The minimum absolute atomic E-state index is 0.0143. The van der Waals surface area contributed by atoms with Crippen molar-refractivity contribution in [3.05, 3.63) is 0 Å². The summed E-state index contributed by atoms with van der Waals surface area (Å²) in [7, 11) is 3.66. The van der Waals surface area contributed by atoms with E-state index in [0.29, 0.717) is 18.4 Å². The fourth-order valence-corrected chi connectivity index (χ4v) is 0.790. The van der Waals surface area contributed by atoms with Crippen LogP contribution in [-0.4, -0.2) is 40.6 Å². The molecule has 0 aliphatic heterocycles. The summed E-state index contributed by atoms with van der Waals surface area (Å²) in [5.74, 6) is 0.883. The average molecular weight is 171 g/mol. The number of hydrogen-bond acceptors (Lipinski definition) is 5. The van der Waals surface area contributed by atoms with Crippen molar-refractivity contribution < 1.29 is 5.11 Å². The molecule has 1 aromatic rings. The molecule has 0 saturated heterocycles. The van der Waals surface area contributed by atoms with Crippen molar-refractivity contribution in [2.45, 2.75) is 6.54 Å². The zero-order valence-electron chi connectivity index (χ0n) is 7.23. The molecule has 68 valence electrons. The maximum absolute atomic E-state index is 8.63. The molecule has 0 atom stereocenters. The number of aliphatic hydroxyl groups excluding tert-OH is 1. The lowest BCUT2D eigenvalue weighted by molar-refractivity contribution is 0.270. The van der Waals surface area contributed by atoms with Gasteiger partial charge in [0.15, 0.2) is 0 Å². The molecule has 0 aliphatic carbocycles. The molecule has 0 aromatic carbocycles. The van der Waals surface area contributed by atoms with E-state index >= 15 is 0 Å². The van der Waals surface area contributed by atoms with Crippen LogP contribution in [0, 0.1) is 0 Å². The monoisotopic (exact) mass is 171 g/mol. The zero-order valence-corrected chi connectivity index (χ0v) is 7.23. The standard InChI is InChI=1S/C6H13N5O/c1-10(2)6-8-5(7)11(9-6)3-4-12/h12H,3-4H2,1-2H3,(H2,7,8,9). The third-order valence-electron chi connectivity index (χ3n) is 1.40. The lowest BCUT2D eigenvalue weighted by atomic mass is 10.7. The Morgan fingerprint density at radius 2 is 2.25 bits per heavy atom. The van der Waals surface area contributed by atoms with Crippen LogP contribution in [0.5, 0.6) is 0 Å². The van der Waals surface area contributed by atoms with Gasteiger partial charge < -0.3 is 15.7 Å². The summed E-state index contributed by atoms with van der Waals surface area (Å²) in [6, 6.07) is 0. The van der Waals surface area contributed by atoms with Gasteiger partial charge in [0.05, 0.1) is 13.2 Å². The normalized spacial score (nSPS) is 10.2. The highest BCUT2D eigenvalue weighted by Crippen LogP contribution is 2.06. The van der Waals surface area contributed by atoms with Gasteiger partial charge in [-0.1, -0.05) is 0 Å². The number of rotatable bonds is 3. The van der Waals surface area contributed by atoms with Crippen molar-refractivity contribution in [1.29, 1.82) is 0 Å². The van der Waals surface area contributed by atoms with Gasteiger partial charge in [-0.15, -0.1) is 5.10 Å². The Labute approximate surface area is 70.6 Å². The van der Waals surface area contributed by atoms with E-state index in [0.717, 1.165) is 0 Å². The molecule has 0 fully saturated rings. The van der Waals surface area contributed by atoms with E-state index in [4.69, 9.17) is 10.8 Å². The maximum atomic E-state index is 8.63. The Bertz CT molecular complexity index is 256. The Hall–Kier alpha value is -1.30. The van der Waals surface area contributed by atoms with Crippen LogP contribution in [-0.2, 0) is 6.54 Å². The summed E-state index contributed by atoms with van der Waals surface area (Å²) in [4.78, 5) is 5.73. The third kappa shape index (κ3) is 1.65. The van der Waals surface area contributed by atoms with Crippen LogP contribution in [0.25, 0.3) is 0 Å². The SMILES string of the molecule is CN(C)c1nc(N)n(CCO)n1. The molecule has 0 saturated carbocycles. The van der Waals surface area contributed by atoms with Gasteiger partial charge in [-0.25, -0.2) is 4.68 Å². The van der Waals surface area contributed by atoms with E-state index in [-0.39, 0.29) is 6.61 Å². The summed E-state index contributed by atoms with van der Waals surface area (Å²) < 4.78 is 1.47. The summed E-state index contributed by atoms with van der Waals surface area (Å²) >= 11 is 0. The van der Waals surface area contributed by atoms with Crippen LogP contribution in [0.15, 0.2) is 0 Å². The topological polar surface area (TPSA) is 80.2 Å². The molecule has 0 radical (unpaired) electrons. The molecule has 0 amide bonds. The molecular formula is C6H13N5O. The van der Waals surface area contributed by atoms with E-state index in [1.165, 1.54) is 4.68 Å². The number of nitrogen functional groups attached to an aromatic ring is 1. The molecule has 3 N–H and O–H groups in total. The quantitative estimate of drug-likeness (QED) is 0.604. The molecule has 0 bridgehead atoms. The largest absolute Gasteiger partial charge is 0.394 e. The first-order valence-corrected chi connectivity index (χ1v) is 3.63. The van der Waals surface area contributed by atoms with Gasteiger partial charge in [0.2, 0.25) is 11.9 Å². The number of aromatic nitrogens is 3. The predicted molar refractivity (Wildman–Crippen MR) is 45.8 cm³/mol. The van der Waals surface area contributed by atoms with Crippen molar-refractivity contribution in [3.8, 4) is 0 Å². The van der Waals surface area contributed by atoms with Crippen molar-refractivity contribution in [2.75, 3.05) is 31.3 Å². The predicted octanol–water partition coefficient (Wildman–Crippen LogP) is -1.08. The molecule has 1 heterocycles. The number of hydrogen-bond donors (Lipinski definition) is 2. The number of nitrogens with two attached hydrogens (primary N) is 1. The van der Waals surface area contributed by atoms with E-state index in [2.05, 4.69) is 10.1 Å². The van der Waals surface area contributed by atoms with Gasteiger partial charge in [-0.2, -0.15) is 4.98 Å². The fraction of sp³-hybridized carbons (Fsp3) is 0.667. The Morgan fingerprint density at radius 3 is 2.67 bits per heavy atom. The average Bonchev–Trinajstić information content (AvgIpc) is 2.34. The molecule has 1 aromatic heterocycles. The molecule has 0 aliphatic rings. The number of nitrogens with zero attached hydrogens (tertiary/aromatic N) is 4. The van der Waals surface area contributed by atoms with Crippen LogP contribution in [0.2, 0.25) is 0 Å². The highest BCUT2D eigenvalue weighted by atomic mass is 16.3. The van der Waals surface area contributed by atoms with E-state index in [1.54, 1.807) is 4.90 Å². The van der Waals surface area contributed by atoms with Crippen molar-refractivity contribution in [1.82, 2.24) is 14.8 Å². The van der Waals surface area contributed by atoms with E-state index in [9.17, 15) is 0 Å². The van der Waals surface area contributed by atoms with Crippen molar-refractivity contribution >= 4 is 11.9 Å². The first-order valence-electron chi connectivity index (χ1n) is 3.63. The second-order valence-corrected chi connectivity index (χ2v) is 2.61. The third-order valence-corrected chi connectivity index (χ3v) is 1.40. The van der Waals surface area contributed by atoms with E-state index < -0.39 is 0 Å². The van der Waals surface area contributed by atoms with Crippen LogP contribution in [0.1, 0.15) is 0 Å². The molecule has 1 rings (SSSR count). The van der Waals surface area contributed by atoms with Gasteiger partial charge in [-0.3, -0.25) is 0 Å². The van der Waals surface area contributed by atoms with Crippen LogP contribution < -0.4 is 10.6 Å². The molecule has 6 nitrogen and oxygen atoms in total. The summed E-state index contributed by atoms with van der Waals surface area (Å²) in [5, 5.41) is 12.7. The minimum Gasteiger partial charge on any atom is -0.394 e. The first-order chi connectivity index (χ1) is 5.65. The molecule has 0 spiro atoms. The fourth-order valence-electron chi connectivity index (χ4n) is 0.790. The first kappa shape index (κ1) is 8.79. The molecular weight excluding hydrogens is 158 g/mol. The number of aliphatic hydroxyl groups is 1. The Morgan fingerprint density at radius 1 is 1.58 bits per heavy atom. The number of anilines is 2. The lowest BCUT2D eigenvalue weighted by Crippen LogP contribution is -2.11. The Kier molecular flexibility index (Phi) is 2.49. The summed E-state index contributed by atoms with van der Waals surface area (Å²) in [5.41, 5.74) is 5.52.